The lowest BCUT2D eigenvalue weighted by Crippen LogP contribution is -1.88. The summed E-state index contributed by atoms with van der Waals surface area (Å²) in [5.74, 6) is 0. The first kappa shape index (κ1) is 11.2. The van der Waals surface area contributed by atoms with Gasteiger partial charge in [0.05, 0.1) is 5.02 Å². The van der Waals surface area contributed by atoms with E-state index in [-0.39, 0.29) is 0 Å². The number of rotatable bonds is 2. The molecule has 6 heteroatoms. The second-order valence-corrected chi connectivity index (χ2v) is 7.54. The molecule has 0 atom stereocenters. The Morgan fingerprint density at radius 3 is 2.38 bits per heavy atom. The highest BCUT2D eigenvalue weighted by Gasteiger charge is 2.09. The highest BCUT2D eigenvalue weighted by atomic mass is 35.5. The molecule has 0 radical (unpaired) electrons. The molecule has 0 N–H and O–H groups in total. The highest BCUT2D eigenvalue weighted by Crippen LogP contribution is 2.32. The molecule has 72 valence electrons. The van der Waals surface area contributed by atoms with Crippen LogP contribution in [0.1, 0.15) is 0 Å². The van der Waals surface area contributed by atoms with Crippen molar-refractivity contribution >= 4 is 42.9 Å². The molecule has 0 fully saturated rings. The summed E-state index contributed by atoms with van der Waals surface area (Å²) < 4.78 is 21.8. The van der Waals surface area contributed by atoms with Gasteiger partial charge in [-0.1, -0.05) is 23.2 Å². The molecule has 0 amide bonds. The smallest absolute Gasteiger partial charge is 0.203 e. The minimum absolute atomic E-state index is 0.350. The minimum Gasteiger partial charge on any atom is -0.217 e. The number of benzene rings is 1. The van der Waals surface area contributed by atoms with Gasteiger partial charge in [-0.25, -0.2) is 8.42 Å². The number of hydrogen-bond donors (Lipinski definition) is 0. The van der Waals surface area contributed by atoms with Crippen LogP contribution in [0.5, 0.6) is 0 Å². The Labute approximate surface area is 90.6 Å². The zero-order valence-corrected chi connectivity index (χ0v) is 9.77. The normalized spacial score (nSPS) is 11.6. The zero-order chi connectivity index (χ0) is 10.1. The van der Waals surface area contributed by atoms with Gasteiger partial charge in [-0.15, -0.1) is 0 Å². The van der Waals surface area contributed by atoms with Crippen molar-refractivity contribution in [3.63, 3.8) is 0 Å². The van der Waals surface area contributed by atoms with Gasteiger partial charge in [0, 0.05) is 27.0 Å². The van der Waals surface area contributed by atoms with Gasteiger partial charge in [-0.05, 0) is 18.2 Å². The van der Waals surface area contributed by atoms with E-state index in [0.717, 1.165) is 17.0 Å². The standard InChI is InChI=1S/C7H6Cl2O2S2/c1-13(10,11)12-7-3-2-5(8)4-6(7)9/h2-4H,1H3. The van der Waals surface area contributed by atoms with Crippen LogP contribution in [0.15, 0.2) is 23.1 Å². The number of hydrogen-bond acceptors (Lipinski definition) is 3. The van der Waals surface area contributed by atoms with Crippen molar-refractivity contribution in [1.82, 2.24) is 0 Å². The average Bonchev–Trinajstić information content (AvgIpc) is 1.93. The Morgan fingerprint density at radius 1 is 1.31 bits per heavy atom. The van der Waals surface area contributed by atoms with Crippen LogP contribution >= 0.6 is 34.0 Å². The monoisotopic (exact) mass is 256 g/mol. The summed E-state index contributed by atoms with van der Waals surface area (Å²) in [4.78, 5) is 0.494. The molecule has 1 aromatic rings. The average molecular weight is 257 g/mol. The predicted octanol–water partition coefficient (Wildman–Crippen LogP) is 3.05. The zero-order valence-electron chi connectivity index (χ0n) is 6.62. The lowest BCUT2D eigenvalue weighted by molar-refractivity contribution is 0.615. The van der Waals surface area contributed by atoms with E-state index >= 15 is 0 Å². The molecule has 0 spiro atoms. The Hall–Kier alpha value is 0.1000. The van der Waals surface area contributed by atoms with E-state index in [2.05, 4.69) is 0 Å². The van der Waals surface area contributed by atoms with Gasteiger partial charge in [0.25, 0.3) is 0 Å². The maximum absolute atomic E-state index is 10.9. The quantitative estimate of drug-likeness (QED) is 0.763. The molecule has 0 aliphatic carbocycles. The molecule has 0 saturated heterocycles. The van der Waals surface area contributed by atoms with Crippen molar-refractivity contribution in [1.29, 1.82) is 0 Å². The molecule has 0 aliphatic rings. The van der Waals surface area contributed by atoms with Gasteiger partial charge in [0.1, 0.15) is 0 Å². The summed E-state index contributed by atoms with van der Waals surface area (Å²) >= 11 is 11.4. The van der Waals surface area contributed by atoms with Crippen molar-refractivity contribution in [3.8, 4) is 0 Å². The summed E-state index contributed by atoms with van der Waals surface area (Å²) in [7, 11) is -2.41. The van der Waals surface area contributed by atoms with Crippen molar-refractivity contribution in [2.45, 2.75) is 4.90 Å². The predicted molar refractivity (Wildman–Crippen MR) is 57.2 cm³/mol. The van der Waals surface area contributed by atoms with E-state index in [9.17, 15) is 8.42 Å². The summed E-state index contributed by atoms with van der Waals surface area (Å²) in [5, 5.41) is 0.839. The summed E-state index contributed by atoms with van der Waals surface area (Å²) in [6.45, 7) is 0. The van der Waals surface area contributed by atoms with Crippen molar-refractivity contribution < 1.29 is 8.42 Å². The lowest BCUT2D eigenvalue weighted by atomic mass is 10.4. The molecule has 0 aliphatic heterocycles. The van der Waals surface area contributed by atoms with Gasteiger partial charge in [-0.3, -0.25) is 0 Å². The Kier molecular flexibility index (Phi) is 3.51. The molecule has 0 aromatic heterocycles. The maximum Gasteiger partial charge on any atom is 0.203 e. The van der Waals surface area contributed by atoms with Crippen LogP contribution in [0.2, 0.25) is 10.0 Å². The third kappa shape index (κ3) is 3.77. The van der Waals surface area contributed by atoms with E-state index in [1.54, 1.807) is 12.1 Å². The molecule has 0 unspecified atom stereocenters. The van der Waals surface area contributed by atoms with E-state index in [0.29, 0.717) is 14.9 Å². The van der Waals surface area contributed by atoms with Crippen LogP contribution in [0.3, 0.4) is 0 Å². The van der Waals surface area contributed by atoms with E-state index in [1.165, 1.54) is 6.07 Å². The van der Waals surface area contributed by atoms with Crippen LogP contribution in [0, 0.1) is 0 Å². The van der Waals surface area contributed by atoms with Crippen LogP contribution in [-0.4, -0.2) is 14.7 Å². The molecule has 0 saturated carbocycles. The second-order valence-electron chi connectivity index (χ2n) is 2.36. The van der Waals surface area contributed by atoms with Gasteiger partial charge < -0.3 is 0 Å². The van der Waals surface area contributed by atoms with Gasteiger partial charge in [0.2, 0.25) is 8.87 Å². The van der Waals surface area contributed by atoms with Crippen LogP contribution in [-0.2, 0) is 8.87 Å². The van der Waals surface area contributed by atoms with Crippen LogP contribution < -0.4 is 0 Å². The Balaban J connectivity index is 3.04. The fourth-order valence-electron chi connectivity index (χ4n) is 0.706. The molecule has 13 heavy (non-hydrogen) atoms. The lowest BCUT2D eigenvalue weighted by Gasteiger charge is -2.01. The largest absolute Gasteiger partial charge is 0.217 e. The first-order valence-electron chi connectivity index (χ1n) is 3.23. The van der Waals surface area contributed by atoms with Crippen LogP contribution in [0.25, 0.3) is 0 Å². The fourth-order valence-corrected chi connectivity index (χ4v) is 3.37. The van der Waals surface area contributed by atoms with Gasteiger partial charge in [-0.2, -0.15) is 0 Å². The number of halogens is 2. The molecule has 1 rings (SSSR count). The maximum atomic E-state index is 10.9. The van der Waals surface area contributed by atoms with Crippen molar-refractivity contribution in [2.24, 2.45) is 0 Å². The third-order valence-electron chi connectivity index (χ3n) is 1.14. The fraction of sp³-hybridized carbons (Fsp3) is 0.143. The molecule has 1 aromatic carbocycles. The first-order valence-corrected chi connectivity index (χ1v) is 7.21. The third-order valence-corrected chi connectivity index (χ3v) is 4.08. The van der Waals surface area contributed by atoms with Gasteiger partial charge >= 0.3 is 0 Å². The summed E-state index contributed by atoms with van der Waals surface area (Å²) in [6, 6.07) is 4.69. The Bertz CT molecular complexity index is 415. The van der Waals surface area contributed by atoms with Crippen LogP contribution in [0.4, 0.5) is 0 Å². The SMILES string of the molecule is CS(=O)(=O)Sc1ccc(Cl)cc1Cl. The molecule has 2 nitrogen and oxygen atoms in total. The first-order chi connectivity index (χ1) is 5.88. The van der Waals surface area contributed by atoms with E-state index in [1.807, 2.05) is 0 Å². The molecular weight excluding hydrogens is 251 g/mol. The second kappa shape index (κ2) is 4.09. The van der Waals surface area contributed by atoms with Crippen molar-refractivity contribution in [3.05, 3.63) is 28.2 Å². The Morgan fingerprint density at radius 2 is 1.92 bits per heavy atom. The van der Waals surface area contributed by atoms with E-state index in [4.69, 9.17) is 23.2 Å². The molecular formula is C7H6Cl2O2S2. The summed E-state index contributed by atoms with van der Waals surface area (Å²) in [5.41, 5.74) is 0. The van der Waals surface area contributed by atoms with E-state index < -0.39 is 8.87 Å². The van der Waals surface area contributed by atoms with Crippen molar-refractivity contribution in [2.75, 3.05) is 6.26 Å². The minimum atomic E-state index is -3.12. The summed E-state index contributed by atoms with van der Waals surface area (Å²) in [6.07, 6.45) is 1.13. The highest BCUT2D eigenvalue weighted by molar-refractivity contribution is 8.71. The van der Waals surface area contributed by atoms with Gasteiger partial charge in [0.15, 0.2) is 0 Å². The topological polar surface area (TPSA) is 34.1 Å². The molecule has 0 bridgehead atoms. The molecule has 0 heterocycles.